The molecule has 140 valence electrons. The third kappa shape index (κ3) is 8.55. The third-order valence-corrected chi connectivity index (χ3v) is 4.60. The van der Waals surface area contributed by atoms with E-state index >= 15 is 0 Å². The maximum Gasteiger partial charge on any atom is 0.211 e. The maximum atomic E-state index is 11.4. The second-order valence-corrected chi connectivity index (χ2v) is 7.22. The predicted molar refractivity (Wildman–Crippen MR) is 102 cm³/mol. The fourth-order valence-corrected chi connectivity index (χ4v) is 2.54. The Kier molecular flexibility index (Phi) is 9.64. The molecule has 0 aliphatic carbocycles. The third-order valence-electron chi connectivity index (χ3n) is 3.20. The molecule has 0 fully saturated rings. The van der Waals surface area contributed by atoms with Crippen molar-refractivity contribution >= 4 is 16.0 Å². The second-order valence-electron chi connectivity index (χ2n) is 5.13. The van der Waals surface area contributed by atoms with E-state index in [1.54, 1.807) is 13.0 Å². The quantitative estimate of drug-likeness (QED) is 0.237. The van der Waals surface area contributed by atoms with Crippen LogP contribution < -0.4 is 20.1 Å². The number of ether oxygens (including phenoxy) is 1. The van der Waals surface area contributed by atoms with Gasteiger partial charge in [-0.15, -0.1) is 0 Å². The van der Waals surface area contributed by atoms with E-state index in [-0.39, 0.29) is 5.75 Å². The first-order chi connectivity index (χ1) is 12.0. The SMILES string of the molecule is C=CCOc1ccccc1CN=C(NCC)NCCNS(=O)(=O)CC. The Balaban J connectivity index is 2.62. The van der Waals surface area contributed by atoms with Gasteiger partial charge in [0.1, 0.15) is 12.4 Å². The van der Waals surface area contributed by atoms with Crippen LogP contribution in [0.3, 0.4) is 0 Å². The van der Waals surface area contributed by atoms with E-state index in [2.05, 4.69) is 26.9 Å². The Labute approximate surface area is 150 Å². The summed E-state index contributed by atoms with van der Waals surface area (Å²) in [5.74, 6) is 1.47. The Morgan fingerprint density at radius 2 is 2.00 bits per heavy atom. The molecule has 0 aliphatic rings. The second kappa shape index (κ2) is 11.5. The average molecular weight is 369 g/mol. The normalized spacial score (nSPS) is 11.8. The molecule has 0 saturated carbocycles. The molecule has 0 heterocycles. The first kappa shape index (κ1) is 21.0. The summed E-state index contributed by atoms with van der Waals surface area (Å²) < 4.78 is 30.9. The number of aliphatic imine (C=N–C) groups is 1. The van der Waals surface area contributed by atoms with Crippen LogP contribution in [0.25, 0.3) is 0 Å². The Morgan fingerprint density at radius 3 is 2.68 bits per heavy atom. The van der Waals surface area contributed by atoms with Gasteiger partial charge in [0.2, 0.25) is 10.0 Å². The molecular formula is C17H28N4O3S. The summed E-state index contributed by atoms with van der Waals surface area (Å²) in [7, 11) is -3.17. The van der Waals surface area contributed by atoms with E-state index in [0.717, 1.165) is 11.3 Å². The molecule has 7 nitrogen and oxygen atoms in total. The number of guanidine groups is 1. The molecular weight excluding hydrogens is 340 g/mol. The van der Waals surface area contributed by atoms with E-state index in [0.29, 0.717) is 38.7 Å². The van der Waals surface area contributed by atoms with Crippen LogP contribution >= 0.6 is 0 Å². The minimum atomic E-state index is -3.17. The van der Waals surface area contributed by atoms with Crippen LogP contribution in [0.2, 0.25) is 0 Å². The van der Waals surface area contributed by atoms with Gasteiger partial charge in [0.05, 0.1) is 12.3 Å². The molecule has 0 amide bonds. The van der Waals surface area contributed by atoms with E-state index in [9.17, 15) is 8.42 Å². The smallest absolute Gasteiger partial charge is 0.211 e. The fraction of sp³-hybridized carbons (Fsp3) is 0.471. The van der Waals surface area contributed by atoms with Gasteiger partial charge in [-0.2, -0.15) is 0 Å². The van der Waals surface area contributed by atoms with Crippen molar-refractivity contribution in [3.63, 3.8) is 0 Å². The van der Waals surface area contributed by atoms with Crippen LogP contribution in [-0.4, -0.2) is 46.4 Å². The van der Waals surface area contributed by atoms with Crippen LogP contribution in [0.15, 0.2) is 41.9 Å². The summed E-state index contributed by atoms with van der Waals surface area (Å²) in [5.41, 5.74) is 0.966. The van der Waals surface area contributed by atoms with Crippen molar-refractivity contribution < 1.29 is 13.2 Å². The molecule has 8 heteroatoms. The van der Waals surface area contributed by atoms with Crippen LogP contribution in [-0.2, 0) is 16.6 Å². The molecule has 0 unspecified atom stereocenters. The number of rotatable bonds is 11. The standard InChI is InChI=1S/C17H28N4O3S/c1-4-13-24-16-10-8-7-9-15(16)14-20-17(18-5-2)19-11-12-21-25(22,23)6-3/h4,7-10,21H,1,5-6,11-14H2,2-3H3,(H2,18,19,20). The van der Waals surface area contributed by atoms with E-state index in [1.807, 2.05) is 31.2 Å². The van der Waals surface area contributed by atoms with Crippen LogP contribution in [0.1, 0.15) is 19.4 Å². The van der Waals surface area contributed by atoms with Crippen molar-refractivity contribution in [1.82, 2.24) is 15.4 Å². The highest BCUT2D eigenvalue weighted by atomic mass is 32.2. The molecule has 0 saturated heterocycles. The minimum Gasteiger partial charge on any atom is -0.489 e. The number of sulfonamides is 1. The highest BCUT2D eigenvalue weighted by Crippen LogP contribution is 2.18. The average Bonchev–Trinajstić information content (AvgIpc) is 2.62. The molecule has 0 aromatic heterocycles. The molecule has 25 heavy (non-hydrogen) atoms. The zero-order valence-corrected chi connectivity index (χ0v) is 15.7. The largest absolute Gasteiger partial charge is 0.489 e. The molecule has 0 aliphatic heterocycles. The summed E-state index contributed by atoms with van der Waals surface area (Å²) in [6.07, 6.45) is 1.70. The summed E-state index contributed by atoms with van der Waals surface area (Å²) in [6.45, 7) is 9.57. The topological polar surface area (TPSA) is 91.8 Å². The lowest BCUT2D eigenvalue weighted by atomic mass is 10.2. The zero-order chi connectivity index (χ0) is 18.5. The first-order valence-electron chi connectivity index (χ1n) is 8.33. The van der Waals surface area contributed by atoms with Crippen molar-refractivity contribution in [2.45, 2.75) is 20.4 Å². The van der Waals surface area contributed by atoms with Gasteiger partial charge < -0.3 is 15.4 Å². The number of nitrogens with zero attached hydrogens (tertiary/aromatic N) is 1. The van der Waals surface area contributed by atoms with Crippen molar-refractivity contribution in [2.75, 3.05) is 32.0 Å². The lowest BCUT2D eigenvalue weighted by Crippen LogP contribution is -2.41. The van der Waals surface area contributed by atoms with Crippen molar-refractivity contribution in [3.8, 4) is 5.75 Å². The van der Waals surface area contributed by atoms with Crippen LogP contribution in [0.5, 0.6) is 5.75 Å². The van der Waals surface area contributed by atoms with Gasteiger partial charge in [-0.1, -0.05) is 30.9 Å². The molecule has 0 atom stereocenters. The number of para-hydroxylation sites is 1. The Bertz CT molecular complexity index is 660. The predicted octanol–water partition coefficient (Wildman–Crippen LogP) is 1.25. The molecule has 0 spiro atoms. The van der Waals surface area contributed by atoms with Gasteiger partial charge in [0, 0.05) is 25.2 Å². The van der Waals surface area contributed by atoms with Gasteiger partial charge in [-0.05, 0) is 19.9 Å². The van der Waals surface area contributed by atoms with E-state index in [4.69, 9.17) is 4.74 Å². The number of nitrogens with one attached hydrogen (secondary N) is 3. The summed E-state index contributed by atoms with van der Waals surface area (Å²) in [4.78, 5) is 4.52. The van der Waals surface area contributed by atoms with Gasteiger partial charge in [-0.25, -0.2) is 18.1 Å². The minimum absolute atomic E-state index is 0.0721. The maximum absolute atomic E-state index is 11.4. The lowest BCUT2D eigenvalue weighted by Gasteiger charge is -2.13. The molecule has 1 aromatic carbocycles. The highest BCUT2D eigenvalue weighted by Gasteiger charge is 2.06. The molecule has 1 aromatic rings. The van der Waals surface area contributed by atoms with Gasteiger partial charge >= 0.3 is 0 Å². The summed E-state index contributed by atoms with van der Waals surface area (Å²) in [6, 6.07) is 7.70. The van der Waals surface area contributed by atoms with Crippen LogP contribution in [0.4, 0.5) is 0 Å². The van der Waals surface area contributed by atoms with Gasteiger partial charge in [-0.3, -0.25) is 0 Å². The van der Waals surface area contributed by atoms with Gasteiger partial charge in [0.15, 0.2) is 5.96 Å². The van der Waals surface area contributed by atoms with Crippen molar-refractivity contribution in [1.29, 1.82) is 0 Å². The van der Waals surface area contributed by atoms with E-state index in [1.165, 1.54) is 0 Å². The number of hydrogen-bond acceptors (Lipinski definition) is 4. The Morgan fingerprint density at radius 1 is 1.24 bits per heavy atom. The zero-order valence-electron chi connectivity index (χ0n) is 14.9. The summed E-state index contributed by atoms with van der Waals surface area (Å²) in [5, 5.41) is 6.24. The number of hydrogen-bond donors (Lipinski definition) is 3. The fourth-order valence-electron chi connectivity index (χ4n) is 1.92. The molecule has 3 N–H and O–H groups in total. The first-order valence-corrected chi connectivity index (χ1v) is 9.98. The molecule has 1 rings (SSSR count). The Hall–Kier alpha value is -2.06. The van der Waals surface area contributed by atoms with Crippen molar-refractivity contribution in [2.24, 2.45) is 4.99 Å². The highest BCUT2D eigenvalue weighted by molar-refractivity contribution is 7.89. The monoisotopic (exact) mass is 368 g/mol. The molecule has 0 bridgehead atoms. The van der Waals surface area contributed by atoms with Crippen LogP contribution in [0, 0.1) is 0 Å². The number of benzene rings is 1. The molecule has 0 radical (unpaired) electrons. The van der Waals surface area contributed by atoms with E-state index < -0.39 is 10.0 Å². The summed E-state index contributed by atoms with van der Waals surface area (Å²) >= 11 is 0. The van der Waals surface area contributed by atoms with Gasteiger partial charge in [0.25, 0.3) is 0 Å². The van der Waals surface area contributed by atoms with Crippen molar-refractivity contribution in [3.05, 3.63) is 42.5 Å². The lowest BCUT2D eigenvalue weighted by molar-refractivity contribution is 0.359.